The maximum atomic E-state index is 13.1. The van der Waals surface area contributed by atoms with Gasteiger partial charge in [0.05, 0.1) is 11.1 Å². The fraction of sp³-hybridized carbons (Fsp3) is 0.522. The van der Waals surface area contributed by atoms with E-state index in [1.54, 1.807) is 0 Å². The number of nitrogens with zero attached hydrogens (tertiary/aromatic N) is 2. The average molecular weight is 380 g/mol. The number of amides is 1. The van der Waals surface area contributed by atoms with Gasteiger partial charge in [-0.25, -0.2) is 4.79 Å². The highest BCUT2D eigenvalue weighted by atomic mass is 16.5. The van der Waals surface area contributed by atoms with E-state index in [0.29, 0.717) is 11.5 Å². The van der Waals surface area contributed by atoms with Crippen molar-refractivity contribution < 1.29 is 14.3 Å². The third-order valence-corrected chi connectivity index (χ3v) is 6.16. The van der Waals surface area contributed by atoms with E-state index in [9.17, 15) is 9.59 Å². The number of ether oxygens (including phenoxy) is 1. The molecule has 28 heavy (non-hydrogen) atoms. The van der Waals surface area contributed by atoms with Crippen molar-refractivity contribution in [2.75, 3.05) is 13.2 Å². The van der Waals surface area contributed by atoms with Crippen molar-refractivity contribution >= 4 is 22.8 Å². The molecule has 0 bridgehead atoms. The second kappa shape index (κ2) is 7.90. The van der Waals surface area contributed by atoms with Gasteiger partial charge in [-0.3, -0.25) is 9.78 Å². The highest BCUT2D eigenvalue weighted by Gasteiger charge is 2.28. The average Bonchev–Trinajstić information content (AvgIpc) is 2.70. The molecule has 4 rings (SSSR count). The minimum atomic E-state index is -0.401. The van der Waals surface area contributed by atoms with Gasteiger partial charge in [0.1, 0.15) is 0 Å². The van der Waals surface area contributed by atoms with Gasteiger partial charge < -0.3 is 9.64 Å². The first-order valence-corrected chi connectivity index (χ1v) is 10.4. The van der Waals surface area contributed by atoms with Gasteiger partial charge in [-0.15, -0.1) is 0 Å². The summed E-state index contributed by atoms with van der Waals surface area (Å²) in [5.74, 6) is 0.0148. The Hall–Kier alpha value is -2.43. The van der Waals surface area contributed by atoms with Crippen molar-refractivity contribution in [1.82, 2.24) is 9.88 Å². The molecule has 148 valence electrons. The lowest BCUT2D eigenvalue weighted by Crippen LogP contribution is -2.44. The lowest BCUT2D eigenvalue weighted by atomic mass is 9.84. The molecule has 1 aromatic heterocycles. The molecule has 5 heteroatoms. The predicted molar refractivity (Wildman–Crippen MR) is 108 cm³/mol. The first-order chi connectivity index (χ1) is 13.5. The van der Waals surface area contributed by atoms with Crippen LogP contribution in [0.15, 0.2) is 24.3 Å². The number of likely N-dealkylation sites (tertiary alicyclic amines) is 1. The second-order valence-corrected chi connectivity index (χ2v) is 8.29. The number of aryl methyl sites for hydroxylation is 1. The number of aromatic nitrogens is 1. The Balaban J connectivity index is 1.60. The summed E-state index contributed by atoms with van der Waals surface area (Å²) >= 11 is 0. The van der Waals surface area contributed by atoms with Crippen LogP contribution in [0.25, 0.3) is 10.9 Å². The molecule has 0 N–H and O–H groups in total. The minimum absolute atomic E-state index is 0.0962. The molecular formula is C23H28N2O3. The molecule has 1 aliphatic carbocycles. The summed E-state index contributed by atoms with van der Waals surface area (Å²) in [6.45, 7) is 4.83. The van der Waals surface area contributed by atoms with E-state index in [1.807, 2.05) is 29.2 Å². The van der Waals surface area contributed by atoms with Crippen LogP contribution in [0.2, 0.25) is 0 Å². The number of piperidine rings is 1. The van der Waals surface area contributed by atoms with Gasteiger partial charge in [-0.05, 0) is 63.0 Å². The van der Waals surface area contributed by atoms with E-state index < -0.39 is 5.97 Å². The molecule has 1 fully saturated rings. The van der Waals surface area contributed by atoms with Crippen LogP contribution in [-0.2, 0) is 22.4 Å². The van der Waals surface area contributed by atoms with Gasteiger partial charge in [-0.1, -0.05) is 25.1 Å². The van der Waals surface area contributed by atoms with Gasteiger partial charge >= 0.3 is 5.97 Å². The first kappa shape index (κ1) is 18.9. The third-order valence-electron chi connectivity index (χ3n) is 6.16. The molecule has 2 aliphatic rings. The number of hydrogen-bond acceptors (Lipinski definition) is 4. The molecule has 1 aromatic carbocycles. The number of rotatable bonds is 3. The summed E-state index contributed by atoms with van der Waals surface area (Å²) in [7, 11) is 0. The highest BCUT2D eigenvalue weighted by molar-refractivity contribution is 6.05. The van der Waals surface area contributed by atoms with Crippen LogP contribution < -0.4 is 0 Å². The SMILES string of the molecule is C[C@H]1CCc2nc3ccccc3c(C(=O)OCC(=O)N3CCCC[C@H]3C)c2C1. The van der Waals surface area contributed by atoms with E-state index >= 15 is 0 Å². The van der Waals surface area contributed by atoms with Crippen molar-refractivity contribution in [1.29, 1.82) is 0 Å². The summed E-state index contributed by atoms with van der Waals surface area (Å²) in [5.41, 5.74) is 3.42. The van der Waals surface area contributed by atoms with Gasteiger partial charge in [0.15, 0.2) is 6.61 Å². The Morgan fingerprint density at radius 1 is 1.18 bits per heavy atom. The number of carbonyl (C=O) groups is 2. The second-order valence-electron chi connectivity index (χ2n) is 8.29. The Bertz CT molecular complexity index is 908. The number of benzene rings is 1. The normalized spacial score (nSPS) is 22.0. The van der Waals surface area contributed by atoms with Crippen molar-refractivity contribution in [3.8, 4) is 0 Å². The van der Waals surface area contributed by atoms with E-state index in [0.717, 1.165) is 67.2 Å². The van der Waals surface area contributed by atoms with Crippen molar-refractivity contribution in [3.05, 3.63) is 41.1 Å². The highest BCUT2D eigenvalue weighted by Crippen LogP contribution is 2.32. The summed E-state index contributed by atoms with van der Waals surface area (Å²) in [5, 5.41) is 0.819. The molecule has 0 radical (unpaired) electrons. The van der Waals surface area contributed by atoms with Gasteiger partial charge in [0.25, 0.3) is 5.91 Å². The molecule has 2 atom stereocenters. The molecule has 0 unspecified atom stereocenters. The number of esters is 1. The molecule has 5 nitrogen and oxygen atoms in total. The van der Waals surface area contributed by atoms with Gasteiger partial charge in [-0.2, -0.15) is 0 Å². The zero-order chi connectivity index (χ0) is 19.7. The van der Waals surface area contributed by atoms with E-state index in [-0.39, 0.29) is 18.6 Å². The van der Waals surface area contributed by atoms with Crippen LogP contribution in [0.3, 0.4) is 0 Å². The number of para-hydroxylation sites is 1. The van der Waals surface area contributed by atoms with E-state index in [1.165, 1.54) is 0 Å². The quantitative estimate of drug-likeness (QED) is 0.758. The Labute approximate surface area is 166 Å². The standard InChI is InChI=1S/C23H28N2O3/c1-15-10-11-20-18(13-15)22(17-8-3-4-9-19(17)24-20)23(27)28-14-21(26)25-12-6-5-7-16(25)2/h3-4,8-9,15-16H,5-7,10-14H2,1-2H3/t15-,16+/m0/s1. The van der Waals surface area contributed by atoms with Crippen molar-refractivity contribution in [2.24, 2.45) is 5.92 Å². The van der Waals surface area contributed by atoms with Crippen LogP contribution in [0.1, 0.15) is 61.1 Å². The number of fused-ring (bicyclic) bond motifs is 2. The summed E-state index contributed by atoms with van der Waals surface area (Å²) in [6, 6.07) is 7.93. The molecule has 2 heterocycles. The first-order valence-electron chi connectivity index (χ1n) is 10.4. The zero-order valence-electron chi connectivity index (χ0n) is 16.7. The van der Waals surface area contributed by atoms with Gasteiger partial charge in [0.2, 0.25) is 0 Å². The van der Waals surface area contributed by atoms with E-state index in [2.05, 4.69) is 13.8 Å². The van der Waals surface area contributed by atoms with Crippen molar-refractivity contribution in [2.45, 2.75) is 58.4 Å². The van der Waals surface area contributed by atoms with Crippen LogP contribution in [0, 0.1) is 5.92 Å². The fourth-order valence-corrected chi connectivity index (χ4v) is 4.55. The molecule has 1 saturated heterocycles. The monoisotopic (exact) mass is 380 g/mol. The maximum absolute atomic E-state index is 13.1. The van der Waals surface area contributed by atoms with E-state index in [4.69, 9.17) is 9.72 Å². The summed E-state index contributed by atoms with van der Waals surface area (Å²) < 4.78 is 5.54. The Morgan fingerprint density at radius 2 is 2.00 bits per heavy atom. The van der Waals surface area contributed by atoms with Crippen LogP contribution in [-0.4, -0.2) is 41.0 Å². The molecule has 0 spiro atoms. The number of carbonyl (C=O) groups excluding carboxylic acids is 2. The molecule has 0 saturated carbocycles. The molecule has 1 amide bonds. The Kier molecular flexibility index (Phi) is 5.33. The van der Waals surface area contributed by atoms with Crippen LogP contribution in [0.5, 0.6) is 0 Å². The van der Waals surface area contributed by atoms with Gasteiger partial charge in [0, 0.05) is 23.7 Å². The Morgan fingerprint density at radius 3 is 2.82 bits per heavy atom. The largest absolute Gasteiger partial charge is 0.452 e. The predicted octanol–water partition coefficient (Wildman–Crippen LogP) is 3.92. The summed E-state index contributed by atoms with van der Waals surface area (Å²) in [4.78, 5) is 32.3. The van der Waals surface area contributed by atoms with Crippen molar-refractivity contribution in [3.63, 3.8) is 0 Å². The lowest BCUT2D eigenvalue weighted by molar-refractivity contribution is -0.137. The lowest BCUT2D eigenvalue weighted by Gasteiger charge is -2.33. The molecular weight excluding hydrogens is 352 g/mol. The van der Waals surface area contributed by atoms with Crippen LogP contribution >= 0.6 is 0 Å². The smallest absolute Gasteiger partial charge is 0.339 e. The topological polar surface area (TPSA) is 59.5 Å². The fourth-order valence-electron chi connectivity index (χ4n) is 4.55. The number of pyridine rings is 1. The van der Waals surface area contributed by atoms with Crippen LogP contribution in [0.4, 0.5) is 0 Å². The summed E-state index contributed by atoms with van der Waals surface area (Å²) in [6.07, 6.45) is 5.97. The number of hydrogen-bond donors (Lipinski definition) is 0. The maximum Gasteiger partial charge on any atom is 0.339 e. The zero-order valence-corrected chi connectivity index (χ0v) is 16.7. The third kappa shape index (κ3) is 3.62. The molecule has 1 aliphatic heterocycles. The molecule has 2 aromatic rings. The minimum Gasteiger partial charge on any atom is -0.452 e.